The quantitative estimate of drug-likeness (QED) is 0.715. The molecule has 0 atom stereocenters. The van der Waals surface area contributed by atoms with Crippen LogP contribution in [0.3, 0.4) is 0 Å². The van der Waals surface area contributed by atoms with Gasteiger partial charge in [-0.25, -0.2) is 0 Å². The minimum atomic E-state index is 0.447. The fourth-order valence-corrected chi connectivity index (χ4v) is 3.63. The lowest BCUT2D eigenvalue weighted by Gasteiger charge is -2.05. The van der Waals surface area contributed by atoms with E-state index < -0.39 is 0 Å². The number of benzene rings is 2. The molecule has 0 radical (unpaired) electrons. The number of nitriles is 1. The molecule has 3 aromatic rings. The Kier molecular flexibility index (Phi) is 4.10. The molecular weight excluding hydrogens is 300 g/mol. The third kappa shape index (κ3) is 3.02. The molecule has 0 aliphatic heterocycles. The fourth-order valence-electron chi connectivity index (χ4n) is 2.19. The molecule has 2 nitrogen and oxygen atoms in total. The summed E-state index contributed by atoms with van der Waals surface area (Å²) in [5.74, 6) is 0. The summed E-state index contributed by atoms with van der Waals surface area (Å²) in [6.45, 7) is 0.704. The molecule has 1 N–H and O–H groups in total. The minimum absolute atomic E-state index is 0.447. The van der Waals surface area contributed by atoms with Gasteiger partial charge in [0, 0.05) is 20.7 Å². The van der Waals surface area contributed by atoms with Gasteiger partial charge in [0.15, 0.2) is 0 Å². The zero-order valence-electron chi connectivity index (χ0n) is 11.3. The van der Waals surface area contributed by atoms with Crippen LogP contribution in [0.2, 0.25) is 5.02 Å². The zero-order valence-corrected chi connectivity index (χ0v) is 12.8. The summed E-state index contributed by atoms with van der Waals surface area (Å²) in [7, 11) is 0. The van der Waals surface area contributed by atoms with Crippen LogP contribution in [0.1, 0.15) is 10.4 Å². The van der Waals surface area contributed by atoms with E-state index >= 15 is 0 Å². The fraction of sp³-hybridized carbons (Fsp3) is 0.118. The molecule has 0 amide bonds. The van der Waals surface area contributed by atoms with Crippen molar-refractivity contribution in [3.05, 3.63) is 64.0 Å². The van der Waals surface area contributed by atoms with Crippen LogP contribution in [0.4, 0.5) is 5.69 Å². The lowest BCUT2D eigenvalue weighted by Crippen LogP contribution is -1.97. The standard InChI is InChI=1S/C17H13ClN2S/c18-17-14-3-1-2-4-15(14)21-16(17)11-20-13-7-5-12(6-8-13)9-10-19/h1-8,20H,9,11H2. The van der Waals surface area contributed by atoms with Gasteiger partial charge in [-0.3, -0.25) is 0 Å². The number of nitrogens with one attached hydrogen (secondary N) is 1. The minimum Gasteiger partial charge on any atom is -0.380 e. The number of halogens is 1. The van der Waals surface area contributed by atoms with E-state index in [4.69, 9.17) is 16.9 Å². The molecule has 0 saturated carbocycles. The van der Waals surface area contributed by atoms with Crippen LogP contribution in [0.15, 0.2) is 48.5 Å². The van der Waals surface area contributed by atoms with Crippen LogP contribution in [-0.4, -0.2) is 0 Å². The lowest BCUT2D eigenvalue weighted by atomic mass is 10.1. The molecule has 0 spiro atoms. The highest BCUT2D eigenvalue weighted by Gasteiger charge is 2.09. The predicted octanol–water partition coefficient (Wildman–Crippen LogP) is 5.23. The number of anilines is 1. The second-order valence-electron chi connectivity index (χ2n) is 4.72. The Morgan fingerprint density at radius 2 is 1.86 bits per heavy atom. The van der Waals surface area contributed by atoms with Crippen molar-refractivity contribution in [1.82, 2.24) is 0 Å². The van der Waals surface area contributed by atoms with Gasteiger partial charge in [0.2, 0.25) is 0 Å². The van der Waals surface area contributed by atoms with Crippen LogP contribution >= 0.6 is 22.9 Å². The van der Waals surface area contributed by atoms with Crippen molar-refractivity contribution in [2.45, 2.75) is 13.0 Å². The van der Waals surface area contributed by atoms with E-state index in [9.17, 15) is 0 Å². The Hall–Kier alpha value is -2.02. The van der Waals surface area contributed by atoms with E-state index in [1.807, 2.05) is 42.5 Å². The van der Waals surface area contributed by atoms with Crippen LogP contribution in [0.25, 0.3) is 10.1 Å². The maximum absolute atomic E-state index is 8.66. The molecule has 0 fully saturated rings. The van der Waals surface area contributed by atoms with Crippen molar-refractivity contribution in [1.29, 1.82) is 5.26 Å². The highest BCUT2D eigenvalue weighted by Crippen LogP contribution is 2.35. The first kappa shape index (κ1) is 13.9. The molecule has 0 bridgehead atoms. The molecule has 21 heavy (non-hydrogen) atoms. The normalized spacial score (nSPS) is 10.5. The summed E-state index contributed by atoms with van der Waals surface area (Å²) in [4.78, 5) is 1.14. The summed E-state index contributed by atoms with van der Waals surface area (Å²) >= 11 is 8.14. The third-order valence-electron chi connectivity index (χ3n) is 3.29. The lowest BCUT2D eigenvalue weighted by molar-refractivity contribution is 1.19. The molecule has 1 aromatic heterocycles. The second kappa shape index (κ2) is 6.17. The number of hydrogen-bond acceptors (Lipinski definition) is 3. The van der Waals surface area contributed by atoms with Gasteiger partial charge in [-0.2, -0.15) is 5.26 Å². The Morgan fingerprint density at radius 3 is 2.57 bits per heavy atom. The predicted molar refractivity (Wildman–Crippen MR) is 89.9 cm³/mol. The van der Waals surface area contributed by atoms with Crippen molar-refractivity contribution in [2.75, 3.05) is 5.32 Å². The highest BCUT2D eigenvalue weighted by atomic mass is 35.5. The molecule has 104 valence electrons. The maximum Gasteiger partial charge on any atom is 0.0669 e. The monoisotopic (exact) mass is 312 g/mol. The van der Waals surface area contributed by atoms with Gasteiger partial charge in [0.1, 0.15) is 0 Å². The molecule has 0 unspecified atom stereocenters. The second-order valence-corrected chi connectivity index (χ2v) is 6.24. The van der Waals surface area contributed by atoms with E-state index in [1.165, 1.54) is 4.70 Å². The molecule has 1 heterocycles. The topological polar surface area (TPSA) is 35.8 Å². The summed E-state index contributed by atoms with van der Waals surface area (Å²) in [6.07, 6.45) is 0.447. The van der Waals surface area contributed by atoms with Crippen LogP contribution in [-0.2, 0) is 13.0 Å². The van der Waals surface area contributed by atoms with Crippen molar-refractivity contribution < 1.29 is 0 Å². The van der Waals surface area contributed by atoms with Gasteiger partial charge in [-0.15, -0.1) is 11.3 Å². The van der Waals surface area contributed by atoms with Crippen LogP contribution in [0, 0.1) is 11.3 Å². The number of hydrogen-bond donors (Lipinski definition) is 1. The van der Waals surface area contributed by atoms with Crippen molar-refractivity contribution in [3.8, 4) is 6.07 Å². The molecule has 0 aliphatic rings. The van der Waals surface area contributed by atoms with E-state index in [1.54, 1.807) is 11.3 Å². The van der Waals surface area contributed by atoms with Gasteiger partial charge in [0.25, 0.3) is 0 Å². The average Bonchev–Trinajstić information content (AvgIpc) is 2.84. The van der Waals surface area contributed by atoms with Crippen molar-refractivity contribution >= 4 is 38.7 Å². The summed E-state index contributed by atoms with van der Waals surface area (Å²) < 4.78 is 1.21. The van der Waals surface area contributed by atoms with E-state index in [-0.39, 0.29) is 0 Å². The summed E-state index contributed by atoms with van der Waals surface area (Å²) in [5.41, 5.74) is 2.06. The van der Waals surface area contributed by atoms with Gasteiger partial charge in [-0.1, -0.05) is 41.9 Å². The zero-order chi connectivity index (χ0) is 14.7. The van der Waals surface area contributed by atoms with Gasteiger partial charge in [0.05, 0.1) is 24.1 Å². The van der Waals surface area contributed by atoms with Gasteiger partial charge in [-0.05, 0) is 23.8 Å². The molecular formula is C17H13ClN2S. The summed E-state index contributed by atoms with van der Waals surface area (Å²) in [5, 5.41) is 14.0. The Balaban J connectivity index is 1.74. The number of rotatable bonds is 4. The van der Waals surface area contributed by atoms with Crippen LogP contribution in [0.5, 0.6) is 0 Å². The van der Waals surface area contributed by atoms with E-state index in [0.29, 0.717) is 13.0 Å². The molecule has 0 aliphatic carbocycles. The smallest absolute Gasteiger partial charge is 0.0669 e. The van der Waals surface area contributed by atoms with Crippen molar-refractivity contribution in [2.24, 2.45) is 0 Å². The molecule has 4 heteroatoms. The number of nitrogens with zero attached hydrogens (tertiary/aromatic N) is 1. The maximum atomic E-state index is 8.66. The first-order chi connectivity index (χ1) is 10.3. The third-order valence-corrected chi connectivity index (χ3v) is 5.01. The Morgan fingerprint density at radius 1 is 1.10 bits per heavy atom. The van der Waals surface area contributed by atoms with E-state index in [2.05, 4.69) is 17.5 Å². The van der Waals surface area contributed by atoms with Gasteiger partial charge >= 0.3 is 0 Å². The Labute approximate surface area is 132 Å². The van der Waals surface area contributed by atoms with Gasteiger partial charge < -0.3 is 5.32 Å². The number of fused-ring (bicyclic) bond motifs is 1. The average molecular weight is 313 g/mol. The first-order valence-electron chi connectivity index (χ1n) is 6.63. The number of thiophene rings is 1. The van der Waals surface area contributed by atoms with E-state index in [0.717, 1.165) is 26.5 Å². The highest BCUT2D eigenvalue weighted by molar-refractivity contribution is 7.19. The molecule has 2 aromatic carbocycles. The van der Waals surface area contributed by atoms with Crippen LogP contribution < -0.4 is 5.32 Å². The first-order valence-corrected chi connectivity index (χ1v) is 7.83. The SMILES string of the molecule is N#CCc1ccc(NCc2sc3ccccc3c2Cl)cc1. The van der Waals surface area contributed by atoms with Crippen molar-refractivity contribution in [3.63, 3.8) is 0 Å². The largest absolute Gasteiger partial charge is 0.380 e. The summed E-state index contributed by atoms with van der Waals surface area (Å²) in [6, 6.07) is 18.2. The Bertz CT molecular complexity index is 800. The molecule has 3 rings (SSSR count). The molecule has 0 saturated heterocycles.